The van der Waals surface area contributed by atoms with Gasteiger partial charge in [-0.05, 0) is 12.1 Å². The zero-order chi connectivity index (χ0) is 16.8. The Kier molecular flexibility index (Phi) is 5.85. The lowest BCUT2D eigenvalue weighted by Gasteiger charge is -2.18. The van der Waals surface area contributed by atoms with Gasteiger partial charge in [0, 0.05) is 36.6 Å². The second kappa shape index (κ2) is 7.86. The van der Waals surface area contributed by atoms with Crippen LogP contribution in [0.25, 0.3) is 0 Å². The Morgan fingerprint density at radius 3 is 2.61 bits per heavy atom. The molecular weight excluding hydrogens is 325 g/mol. The Hall–Kier alpha value is -2.23. The number of carbonyl (C=O) groups is 1. The first-order valence-corrected chi connectivity index (χ1v) is 7.54. The van der Waals surface area contributed by atoms with Crippen LogP contribution in [0.15, 0.2) is 36.9 Å². The van der Waals surface area contributed by atoms with E-state index in [9.17, 15) is 17.9 Å². The average Bonchev–Trinajstić information content (AvgIpc) is 2.55. The molecule has 0 bridgehead atoms. The average molecular weight is 339 g/mol. The van der Waals surface area contributed by atoms with Crippen molar-refractivity contribution in [2.45, 2.75) is 13.1 Å². The Bertz CT molecular complexity index is 714. The molecule has 0 saturated heterocycles. The summed E-state index contributed by atoms with van der Waals surface area (Å²) in [5.74, 6) is -1.31. The van der Waals surface area contributed by atoms with E-state index in [4.69, 9.17) is 0 Å². The molecule has 1 aromatic carbocycles. The van der Waals surface area contributed by atoms with E-state index in [0.29, 0.717) is 5.56 Å². The summed E-state index contributed by atoms with van der Waals surface area (Å²) < 4.78 is 40.5. The SMILES string of the molecule is COC(=O)c1ccc(CN(Cc2cncnc2)S(=O)O)c(F)c1. The molecule has 0 radical (unpaired) electrons. The molecule has 23 heavy (non-hydrogen) atoms. The number of benzene rings is 1. The summed E-state index contributed by atoms with van der Waals surface area (Å²) in [6.07, 6.45) is 4.35. The molecule has 0 fully saturated rings. The van der Waals surface area contributed by atoms with E-state index in [1.54, 1.807) is 0 Å². The Balaban J connectivity index is 2.17. The van der Waals surface area contributed by atoms with Crippen molar-refractivity contribution in [1.29, 1.82) is 0 Å². The maximum absolute atomic E-state index is 14.1. The molecule has 1 heterocycles. The van der Waals surface area contributed by atoms with Crippen LogP contribution in [0.2, 0.25) is 0 Å². The standard InChI is InChI=1S/C14H14FN3O4S/c1-22-14(19)11-2-3-12(13(15)4-11)8-18(23(20)21)7-10-5-16-9-17-6-10/h2-6,9H,7-8H2,1H3,(H,20,21). The second-order valence-electron chi connectivity index (χ2n) is 4.57. The van der Waals surface area contributed by atoms with Gasteiger partial charge in [-0.15, -0.1) is 0 Å². The van der Waals surface area contributed by atoms with Crippen LogP contribution >= 0.6 is 0 Å². The molecule has 9 heteroatoms. The molecule has 7 nitrogen and oxygen atoms in total. The lowest BCUT2D eigenvalue weighted by molar-refractivity contribution is 0.0600. The fraction of sp³-hybridized carbons (Fsp3) is 0.214. The molecule has 122 valence electrons. The molecule has 1 atom stereocenters. The van der Waals surface area contributed by atoms with Crippen molar-refractivity contribution >= 4 is 17.2 Å². The van der Waals surface area contributed by atoms with Crippen LogP contribution in [0, 0.1) is 5.82 Å². The van der Waals surface area contributed by atoms with Crippen LogP contribution in [0.3, 0.4) is 0 Å². The lowest BCUT2D eigenvalue weighted by atomic mass is 10.1. The van der Waals surface area contributed by atoms with Crippen molar-refractivity contribution in [3.63, 3.8) is 0 Å². The van der Waals surface area contributed by atoms with Crippen LogP contribution < -0.4 is 0 Å². The van der Waals surface area contributed by atoms with Gasteiger partial charge in [0.25, 0.3) is 0 Å². The van der Waals surface area contributed by atoms with Gasteiger partial charge in [0.2, 0.25) is 11.3 Å². The van der Waals surface area contributed by atoms with E-state index in [-0.39, 0.29) is 24.2 Å². The van der Waals surface area contributed by atoms with Crippen molar-refractivity contribution < 1.29 is 22.7 Å². The number of aromatic nitrogens is 2. The third kappa shape index (κ3) is 4.62. The van der Waals surface area contributed by atoms with Gasteiger partial charge in [-0.2, -0.15) is 4.31 Å². The first-order valence-electron chi connectivity index (χ1n) is 6.48. The van der Waals surface area contributed by atoms with Gasteiger partial charge in [0.1, 0.15) is 12.1 Å². The molecule has 0 saturated carbocycles. The summed E-state index contributed by atoms with van der Waals surface area (Å²) in [4.78, 5) is 19.0. The highest BCUT2D eigenvalue weighted by molar-refractivity contribution is 7.76. The van der Waals surface area contributed by atoms with Crippen LogP contribution in [0.1, 0.15) is 21.5 Å². The number of methoxy groups -OCH3 is 1. The number of hydrogen-bond donors (Lipinski definition) is 1. The first kappa shape index (κ1) is 17.1. The molecular formula is C14H14FN3O4S. The fourth-order valence-corrected chi connectivity index (χ4v) is 2.40. The highest BCUT2D eigenvalue weighted by Gasteiger charge is 2.17. The molecule has 1 N–H and O–H groups in total. The van der Waals surface area contributed by atoms with Gasteiger partial charge >= 0.3 is 5.97 Å². The molecule has 2 rings (SSSR count). The fourth-order valence-electron chi connectivity index (χ4n) is 1.89. The molecule has 1 unspecified atom stereocenters. The quantitative estimate of drug-likeness (QED) is 0.634. The predicted molar refractivity (Wildman–Crippen MR) is 79.8 cm³/mol. The third-order valence-electron chi connectivity index (χ3n) is 3.01. The summed E-state index contributed by atoms with van der Waals surface area (Å²) in [5.41, 5.74) is 0.861. The molecule has 0 aliphatic carbocycles. The molecule has 0 aliphatic rings. The Labute approximate surface area is 134 Å². The summed E-state index contributed by atoms with van der Waals surface area (Å²) in [6, 6.07) is 3.81. The minimum absolute atomic E-state index is 0.0712. The van der Waals surface area contributed by atoms with Crippen molar-refractivity contribution in [3.05, 3.63) is 59.4 Å². The number of hydrogen-bond acceptors (Lipinski definition) is 5. The van der Waals surface area contributed by atoms with Crippen molar-refractivity contribution in [3.8, 4) is 0 Å². The summed E-state index contributed by atoms with van der Waals surface area (Å²) in [6.45, 7) is -0.0482. The minimum atomic E-state index is -2.31. The number of nitrogens with zero attached hydrogens (tertiary/aromatic N) is 3. The zero-order valence-corrected chi connectivity index (χ0v) is 13.0. The minimum Gasteiger partial charge on any atom is -0.465 e. The molecule has 0 amide bonds. The van der Waals surface area contributed by atoms with Gasteiger partial charge < -0.3 is 4.74 Å². The highest BCUT2D eigenvalue weighted by Crippen LogP contribution is 2.16. The number of rotatable bonds is 6. The van der Waals surface area contributed by atoms with E-state index in [1.165, 1.54) is 38.0 Å². The summed E-state index contributed by atoms with van der Waals surface area (Å²) in [7, 11) is 1.20. The molecule has 2 aromatic rings. The molecule has 0 spiro atoms. The summed E-state index contributed by atoms with van der Waals surface area (Å²) in [5, 5.41) is 0. The number of carbonyl (C=O) groups excluding carboxylic acids is 1. The van der Waals surface area contributed by atoms with Crippen molar-refractivity contribution in [1.82, 2.24) is 14.3 Å². The molecule has 0 aliphatic heterocycles. The second-order valence-corrected chi connectivity index (χ2v) is 5.55. The maximum Gasteiger partial charge on any atom is 0.337 e. The van der Waals surface area contributed by atoms with E-state index in [0.717, 1.165) is 10.4 Å². The van der Waals surface area contributed by atoms with E-state index in [2.05, 4.69) is 14.7 Å². The Morgan fingerprint density at radius 1 is 1.35 bits per heavy atom. The predicted octanol–water partition coefficient (Wildman–Crippen LogP) is 1.54. The smallest absolute Gasteiger partial charge is 0.337 e. The third-order valence-corrected chi connectivity index (χ3v) is 3.71. The summed E-state index contributed by atoms with van der Waals surface area (Å²) >= 11 is -2.31. The van der Waals surface area contributed by atoms with E-state index < -0.39 is 23.1 Å². The van der Waals surface area contributed by atoms with E-state index >= 15 is 0 Å². The maximum atomic E-state index is 14.1. The highest BCUT2D eigenvalue weighted by atomic mass is 32.2. The van der Waals surface area contributed by atoms with Crippen LogP contribution in [-0.2, 0) is 29.1 Å². The van der Waals surface area contributed by atoms with Gasteiger partial charge in [-0.25, -0.2) is 23.4 Å². The Morgan fingerprint density at radius 2 is 2.04 bits per heavy atom. The number of esters is 1. The topological polar surface area (TPSA) is 92.6 Å². The first-order chi connectivity index (χ1) is 11.0. The van der Waals surface area contributed by atoms with Crippen LogP contribution in [0.5, 0.6) is 0 Å². The van der Waals surface area contributed by atoms with Gasteiger partial charge in [0.15, 0.2) is 0 Å². The monoisotopic (exact) mass is 339 g/mol. The van der Waals surface area contributed by atoms with Crippen LogP contribution in [0.4, 0.5) is 4.39 Å². The van der Waals surface area contributed by atoms with Crippen LogP contribution in [-0.4, -0.2) is 36.1 Å². The zero-order valence-electron chi connectivity index (χ0n) is 12.2. The van der Waals surface area contributed by atoms with Gasteiger partial charge in [-0.1, -0.05) is 6.07 Å². The normalized spacial score (nSPS) is 12.2. The number of ether oxygens (including phenoxy) is 1. The van der Waals surface area contributed by atoms with Crippen molar-refractivity contribution in [2.24, 2.45) is 0 Å². The van der Waals surface area contributed by atoms with Gasteiger partial charge in [-0.3, -0.25) is 4.55 Å². The number of halogens is 1. The lowest BCUT2D eigenvalue weighted by Crippen LogP contribution is -2.25. The van der Waals surface area contributed by atoms with Crippen molar-refractivity contribution in [2.75, 3.05) is 7.11 Å². The molecule has 1 aromatic heterocycles. The van der Waals surface area contributed by atoms with Gasteiger partial charge in [0.05, 0.1) is 12.7 Å². The van der Waals surface area contributed by atoms with E-state index in [1.807, 2.05) is 0 Å². The largest absolute Gasteiger partial charge is 0.465 e.